The number of hydrogen-bond donors (Lipinski definition) is 1. The lowest BCUT2D eigenvalue weighted by Gasteiger charge is -2.40. The van der Waals surface area contributed by atoms with Crippen molar-refractivity contribution in [3.05, 3.63) is 17.6 Å². The Morgan fingerprint density at radius 3 is 2.75 bits per heavy atom. The Balaban J connectivity index is 1.79. The Morgan fingerprint density at radius 1 is 1.25 bits per heavy atom. The predicted molar refractivity (Wildman–Crippen MR) is 81.9 cm³/mol. The van der Waals surface area contributed by atoms with Crippen LogP contribution in [-0.4, -0.2) is 29.6 Å². The highest BCUT2D eigenvalue weighted by Crippen LogP contribution is 2.38. The molecular formula is C16H26N4. The summed E-state index contributed by atoms with van der Waals surface area (Å²) in [6.45, 7) is 6.72. The Bertz CT molecular complexity index is 473. The molecule has 0 bridgehead atoms. The summed E-state index contributed by atoms with van der Waals surface area (Å²) in [6.07, 6.45) is 7.94. The largest absolute Gasteiger partial charge is 0.356 e. The van der Waals surface area contributed by atoms with Crippen molar-refractivity contribution in [2.24, 2.45) is 5.41 Å². The SMILES string of the molecule is CN(c1ncnc2c1CNCC2)C1CCC(C)(C)CC1. The van der Waals surface area contributed by atoms with Gasteiger partial charge in [0.15, 0.2) is 0 Å². The van der Waals surface area contributed by atoms with Crippen LogP contribution < -0.4 is 10.2 Å². The molecule has 2 heterocycles. The quantitative estimate of drug-likeness (QED) is 0.900. The second-order valence-corrected chi connectivity index (χ2v) is 7.06. The first-order chi connectivity index (χ1) is 9.57. The van der Waals surface area contributed by atoms with Gasteiger partial charge in [-0.1, -0.05) is 13.8 Å². The first kappa shape index (κ1) is 13.8. The summed E-state index contributed by atoms with van der Waals surface area (Å²) in [5.41, 5.74) is 3.06. The van der Waals surface area contributed by atoms with Gasteiger partial charge >= 0.3 is 0 Å². The third-order valence-corrected chi connectivity index (χ3v) is 5.04. The molecule has 1 saturated carbocycles. The van der Waals surface area contributed by atoms with Crippen LogP contribution in [0.5, 0.6) is 0 Å². The lowest BCUT2D eigenvalue weighted by atomic mass is 9.75. The number of aromatic nitrogens is 2. The van der Waals surface area contributed by atoms with E-state index in [0.717, 1.165) is 25.3 Å². The van der Waals surface area contributed by atoms with Crippen LogP contribution in [0.1, 0.15) is 50.8 Å². The van der Waals surface area contributed by atoms with Gasteiger partial charge in [-0.2, -0.15) is 0 Å². The van der Waals surface area contributed by atoms with Crippen molar-refractivity contribution in [2.75, 3.05) is 18.5 Å². The highest BCUT2D eigenvalue weighted by Gasteiger charge is 2.30. The summed E-state index contributed by atoms with van der Waals surface area (Å²) in [7, 11) is 2.21. The maximum absolute atomic E-state index is 4.58. The van der Waals surface area contributed by atoms with Gasteiger partial charge in [-0.25, -0.2) is 9.97 Å². The minimum absolute atomic E-state index is 0.518. The van der Waals surface area contributed by atoms with Gasteiger partial charge < -0.3 is 10.2 Å². The molecule has 0 saturated heterocycles. The highest BCUT2D eigenvalue weighted by molar-refractivity contribution is 5.49. The van der Waals surface area contributed by atoms with Crippen molar-refractivity contribution < 1.29 is 0 Å². The van der Waals surface area contributed by atoms with Crippen molar-refractivity contribution in [2.45, 2.75) is 58.5 Å². The summed E-state index contributed by atoms with van der Waals surface area (Å²) >= 11 is 0. The third-order valence-electron chi connectivity index (χ3n) is 5.04. The Kier molecular flexibility index (Phi) is 3.67. The first-order valence-corrected chi connectivity index (χ1v) is 7.83. The van der Waals surface area contributed by atoms with Crippen LogP contribution in [0.15, 0.2) is 6.33 Å². The molecule has 3 rings (SSSR count). The van der Waals surface area contributed by atoms with Gasteiger partial charge in [0.25, 0.3) is 0 Å². The molecule has 0 aromatic carbocycles. The normalized spacial score (nSPS) is 22.4. The monoisotopic (exact) mass is 274 g/mol. The molecule has 0 atom stereocenters. The average Bonchev–Trinajstić information content (AvgIpc) is 2.46. The van der Waals surface area contributed by atoms with Gasteiger partial charge in [-0.05, 0) is 31.1 Å². The molecule has 2 aliphatic rings. The molecule has 0 radical (unpaired) electrons. The maximum atomic E-state index is 4.58. The van der Waals surface area contributed by atoms with Crippen LogP contribution in [0, 0.1) is 5.41 Å². The van der Waals surface area contributed by atoms with E-state index in [1.54, 1.807) is 6.33 Å². The summed E-state index contributed by atoms with van der Waals surface area (Å²) < 4.78 is 0. The van der Waals surface area contributed by atoms with Gasteiger partial charge in [0.2, 0.25) is 0 Å². The smallest absolute Gasteiger partial charge is 0.136 e. The topological polar surface area (TPSA) is 41.1 Å². The van der Waals surface area contributed by atoms with E-state index < -0.39 is 0 Å². The van der Waals surface area contributed by atoms with E-state index in [4.69, 9.17) is 0 Å². The Morgan fingerprint density at radius 2 is 2.00 bits per heavy atom. The lowest BCUT2D eigenvalue weighted by molar-refractivity contribution is 0.222. The van der Waals surface area contributed by atoms with Crippen molar-refractivity contribution in [3.63, 3.8) is 0 Å². The van der Waals surface area contributed by atoms with Gasteiger partial charge in [-0.3, -0.25) is 0 Å². The van der Waals surface area contributed by atoms with E-state index in [0.29, 0.717) is 11.5 Å². The Hall–Kier alpha value is -1.16. The average molecular weight is 274 g/mol. The lowest BCUT2D eigenvalue weighted by Crippen LogP contribution is -2.39. The molecule has 20 heavy (non-hydrogen) atoms. The molecule has 1 N–H and O–H groups in total. The molecule has 0 unspecified atom stereocenters. The van der Waals surface area contributed by atoms with Crippen LogP contribution in [-0.2, 0) is 13.0 Å². The van der Waals surface area contributed by atoms with Gasteiger partial charge in [0, 0.05) is 38.2 Å². The minimum Gasteiger partial charge on any atom is -0.356 e. The Labute approximate surface area is 122 Å². The van der Waals surface area contributed by atoms with E-state index in [9.17, 15) is 0 Å². The van der Waals surface area contributed by atoms with Crippen molar-refractivity contribution in [1.29, 1.82) is 0 Å². The van der Waals surface area contributed by atoms with Crippen molar-refractivity contribution >= 4 is 5.82 Å². The number of nitrogens with one attached hydrogen (secondary N) is 1. The molecule has 0 spiro atoms. The molecule has 1 aromatic rings. The van der Waals surface area contributed by atoms with E-state index in [-0.39, 0.29) is 0 Å². The zero-order chi connectivity index (χ0) is 14.2. The van der Waals surface area contributed by atoms with Gasteiger partial charge in [0.1, 0.15) is 12.1 Å². The van der Waals surface area contributed by atoms with E-state index in [1.165, 1.54) is 36.9 Å². The molecule has 110 valence electrons. The van der Waals surface area contributed by atoms with Crippen molar-refractivity contribution in [1.82, 2.24) is 15.3 Å². The number of fused-ring (bicyclic) bond motifs is 1. The third kappa shape index (κ3) is 2.66. The van der Waals surface area contributed by atoms with Crippen molar-refractivity contribution in [3.8, 4) is 0 Å². The number of hydrogen-bond acceptors (Lipinski definition) is 4. The van der Waals surface area contributed by atoms with E-state index in [2.05, 4.69) is 41.1 Å². The molecule has 1 aromatic heterocycles. The first-order valence-electron chi connectivity index (χ1n) is 7.83. The fraction of sp³-hybridized carbons (Fsp3) is 0.750. The number of anilines is 1. The van der Waals surface area contributed by atoms with Crippen LogP contribution in [0.2, 0.25) is 0 Å². The molecule has 1 aliphatic heterocycles. The molecular weight excluding hydrogens is 248 g/mol. The summed E-state index contributed by atoms with van der Waals surface area (Å²) in [5, 5.41) is 3.45. The molecule has 4 nitrogen and oxygen atoms in total. The molecule has 1 fully saturated rings. The fourth-order valence-corrected chi connectivity index (χ4v) is 3.50. The molecule has 0 amide bonds. The standard InChI is InChI=1S/C16H26N4/c1-16(2)7-4-12(5-8-16)20(3)15-13-10-17-9-6-14(13)18-11-19-15/h11-12,17H,4-10H2,1-3H3. The van der Waals surface area contributed by atoms with E-state index in [1.807, 2.05) is 0 Å². The molecule has 4 heteroatoms. The number of nitrogens with zero attached hydrogens (tertiary/aromatic N) is 3. The summed E-state index contributed by atoms with van der Waals surface area (Å²) in [5.74, 6) is 1.15. The fourth-order valence-electron chi connectivity index (χ4n) is 3.50. The maximum Gasteiger partial charge on any atom is 0.136 e. The van der Waals surface area contributed by atoms with Crippen LogP contribution in [0.25, 0.3) is 0 Å². The summed E-state index contributed by atoms with van der Waals surface area (Å²) in [6, 6.07) is 0.629. The minimum atomic E-state index is 0.518. The van der Waals surface area contributed by atoms with Crippen LogP contribution in [0.3, 0.4) is 0 Å². The predicted octanol–water partition coefficient (Wildman–Crippen LogP) is 2.53. The van der Waals surface area contributed by atoms with Gasteiger partial charge in [-0.15, -0.1) is 0 Å². The second-order valence-electron chi connectivity index (χ2n) is 7.06. The summed E-state index contributed by atoms with van der Waals surface area (Å²) in [4.78, 5) is 11.4. The van der Waals surface area contributed by atoms with Crippen LogP contribution in [0.4, 0.5) is 5.82 Å². The zero-order valence-corrected chi connectivity index (χ0v) is 12.9. The zero-order valence-electron chi connectivity index (χ0n) is 12.9. The second kappa shape index (κ2) is 5.32. The molecule has 1 aliphatic carbocycles. The van der Waals surface area contributed by atoms with Gasteiger partial charge in [0.05, 0.1) is 5.69 Å². The highest BCUT2D eigenvalue weighted by atomic mass is 15.2. The van der Waals surface area contributed by atoms with Crippen LogP contribution >= 0.6 is 0 Å². The number of rotatable bonds is 2. The van der Waals surface area contributed by atoms with E-state index >= 15 is 0 Å².